The molecule has 0 aromatic carbocycles. The average molecular weight is 211 g/mol. The molecule has 2 rings (SSSR count). The molecule has 2 aliphatic rings. The van der Waals surface area contributed by atoms with Gasteiger partial charge in [0.1, 0.15) is 0 Å². The van der Waals surface area contributed by atoms with Gasteiger partial charge in [0.25, 0.3) is 0 Å². The molecule has 86 valence electrons. The molecule has 0 aromatic rings. The SMILES string of the molecule is O=C([C@H]1CCC[NH2+]C1)N1CCCCCC1. The highest BCUT2D eigenvalue weighted by atomic mass is 16.2. The summed E-state index contributed by atoms with van der Waals surface area (Å²) in [5, 5.41) is 2.30. The monoisotopic (exact) mass is 211 g/mol. The van der Waals surface area contributed by atoms with Crippen molar-refractivity contribution < 1.29 is 10.1 Å². The van der Waals surface area contributed by atoms with Crippen LogP contribution in [0.5, 0.6) is 0 Å². The number of carbonyl (C=O) groups excluding carboxylic acids is 1. The third-order valence-corrected chi connectivity index (χ3v) is 3.68. The van der Waals surface area contributed by atoms with Crippen molar-refractivity contribution in [2.75, 3.05) is 26.2 Å². The summed E-state index contributed by atoms with van der Waals surface area (Å²) in [7, 11) is 0. The largest absolute Gasteiger partial charge is 0.346 e. The fraction of sp³-hybridized carbons (Fsp3) is 0.917. The molecule has 2 saturated heterocycles. The van der Waals surface area contributed by atoms with E-state index in [0.717, 1.165) is 26.1 Å². The van der Waals surface area contributed by atoms with Crippen molar-refractivity contribution >= 4 is 5.91 Å². The summed E-state index contributed by atoms with van der Waals surface area (Å²) in [6, 6.07) is 0. The van der Waals surface area contributed by atoms with Crippen molar-refractivity contribution in [1.29, 1.82) is 0 Å². The van der Waals surface area contributed by atoms with Gasteiger partial charge in [0.15, 0.2) is 0 Å². The Labute approximate surface area is 92.2 Å². The predicted octanol–water partition coefficient (Wildman–Crippen LogP) is 0.362. The number of piperidine rings is 1. The molecule has 0 spiro atoms. The zero-order chi connectivity index (χ0) is 10.5. The first kappa shape index (κ1) is 10.9. The van der Waals surface area contributed by atoms with E-state index in [9.17, 15) is 4.79 Å². The Morgan fingerprint density at radius 3 is 2.40 bits per heavy atom. The number of nitrogens with two attached hydrogens (primary N) is 1. The van der Waals surface area contributed by atoms with Crippen LogP contribution in [0.4, 0.5) is 0 Å². The first-order valence-electron chi connectivity index (χ1n) is 6.48. The van der Waals surface area contributed by atoms with Gasteiger partial charge in [-0.2, -0.15) is 0 Å². The smallest absolute Gasteiger partial charge is 0.231 e. The van der Waals surface area contributed by atoms with E-state index in [4.69, 9.17) is 0 Å². The summed E-state index contributed by atoms with van der Waals surface area (Å²) >= 11 is 0. The van der Waals surface area contributed by atoms with Gasteiger partial charge in [0.2, 0.25) is 5.91 Å². The maximum Gasteiger partial charge on any atom is 0.231 e. The number of hydrogen-bond acceptors (Lipinski definition) is 1. The maximum absolute atomic E-state index is 12.2. The molecule has 2 heterocycles. The minimum atomic E-state index is 0.317. The quantitative estimate of drug-likeness (QED) is 0.668. The minimum Gasteiger partial charge on any atom is -0.346 e. The van der Waals surface area contributed by atoms with E-state index in [1.54, 1.807) is 0 Å². The number of nitrogens with zero attached hydrogens (tertiary/aromatic N) is 1. The molecule has 0 radical (unpaired) electrons. The molecular formula is C12H23N2O+. The van der Waals surface area contributed by atoms with Gasteiger partial charge in [-0.05, 0) is 25.7 Å². The fourth-order valence-electron chi connectivity index (χ4n) is 2.72. The Hall–Kier alpha value is -0.570. The second kappa shape index (κ2) is 5.50. The lowest BCUT2D eigenvalue weighted by Gasteiger charge is -2.27. The lowest BCUT2D eigenvalue weighted by molar-refractivity contribution is -0.666. The average Bonchev–Trinajstić information content (AvgIpc) is 2.58. The van der Waals surface area contributed by atoms with E-state index in [2.05, 4.69) is 10.2 Å². The van der Waals surface area contributed by atoms with E-state index in [0.29, 0.717) is 11.8 Å². The van der Waals surface area contributed by atoms with E-state index in [-0.39, 0.29) is 0 Å². The van der Waals surface area contributed by atoms with Crippen LogP contribution in [0.15, 0.2) is 0 Å². The van der Waals surface area contributed by atoms with E-state index in [1.165, 1.54) is 38.6 Å². The number of carbonyl (C=O) groups is 1. The molecule has 0 aliphatic carbocycles. The molecule has 1 atom stereocenters. The first-order chi connectivity index (χ1) is 7.38. The zero-order valence-corrected chi connectivity index (χ0v) is 9.58. The molecule has 0 aromatic heterocycles. The summed E-state index contributed by atoms with van der Waals surface area (Å²) in [6.45, 7) is 4.25. The summed E-state index contributed by atoms with van der Waals surface area (Å²) in [4.78, 5) is 14.3. The second-order valence-electron chi connectivity index (χ2n) is 4.89. The van der Waals surface area contributed by atoms with Gasteiger partial charge >= 0.3 is 0 Å². The van der Waals surface area contributed by atoms with Crippen LogP contribution >= 0.6 is 0 Å². The predicted molar refractivity (Wildman–Crippen MR) is 59.4 cm³/mol. The summed E-state index contributed by atoms with van der Waals surface area (Å²) < 4.78 is 0. The van der Waals surface area contributed by atoms with Gasteiger partial charge in [-0.3, -0.25) is 4.79 Å². The molecule has 1 amide bonds. The van der Waals surface area contributed by atoms with Gasteiger partial charge < -0.3 is 10.2 Å². The molecule has 2 fully saturated rings. The highest BCUT2D eigenvalue weighted by molar-refractivity contribution is 5.79. The summed E-state index contributed by atoms with van der Waals surface area (Å²) in [5.74, 6) is 0.754. The Kier molecular flexibility index (Phi) is 4.01. The van der Waals surface area contributed by atoms with Crippen molar-refractivity contribution in [3.63, 3.8) is 0 Å². The number of rotatable bonds is 1. The Morgan fingerprint density at radius 2 is 1.80 bits per heavy atom. The van der Waals surface area contributed by atoms with Crippen LogP contribution in [-0.4, -0.2) is 37.0 Å². The van der Waals surface area contributed by atoms with Gasteiger partial charge in [0, 0.05) is 13.1 Å². The normalized spacial score (nSPS) is 28.5. The van der Waals surface area contributed by atoms with Crippen LogP contribution in [0.2, 0.25) is 0 Å². The van der Waals surface area contributed by atoms with Gasteiger partial charge in [-0.1, -0.05) is 12.8 Å². The van der Waals surface area contributed by atoms with Crippen LogP contribution in [0, 0.1) is 5.92 Å². The molecule has 2 aliphatic heterocycles. The third-order valence-electron chi connectivity index (χ3n) is 3.68. The van der Waals surface area contributed by atoms with Gasteiger partial charge in [-0.15, -0.1) is 0 Å². The molecule has 15 heavy (non-hydrogen) atoms. The van der Waals surface area contributed by atoms with Crippen LogP contribution in [-0.2, 0) is 4.79 Å². The summed E-state index contributed by atoms with van der Waals surface area (Å²) in [5.41, 5.74) is 0. The Bertz CT molecular complexity index is 204. The molecule has 3 nitrogen and oxygen atoms in total. The highest BCUT2D eigenvalue weighted by Crippen LogP contribution is 2.15. The molecule has 2 N–H and O–H groups in total. The third kappa shape index (κ3) is 2.94. The van der Waals surface area contributed by atoms with E-state index in [1.807, 2.05) is 0 Å². The second-order valence-corrected chi connectivity index (χ2v) is 4.89. The van der Waals surface area contributed by atoms with E-state index < -0.39 is 0 Å². The number of hydrogen-bond donors (Lipinski definition) is 1. The minimum absolute atomic E-state index is 0.317. The van der Waals surface area contributed by atoms with Crippen molar-refractivity contribution in [3.05, 3.63) is 0 Å². The van der Waals surface area contributed by atoms with Gasteiger partial charge in [-0.25, -0.2) is 0 Å². The van der Waals surface area contributed by atoms with Crippen LogP contribution in [0.1, 0.15) is 38.5 Å². The maximum atomic E-state index is 12.2. The van der Waals surface area contributed by atoms with Crippen molar-refractivity contribution in [1.82, 2.24) is 4.90 Å². The van der Waals surface area contributed by atoms with E-state index >= 15 is 0 Å². The van der Waals surface area contributed by atoms with Crippen LogP contribution in [0.3, 0.4) is 0 Å². The highest BCUT2D eigenvalue weighted by Gasteiger charge is 2.27. The lowest BCUT2D eigenvalue weighted by Crippen LogP contribution is -2.87. The fourth-order valence-corrected chi connectivity index (χ4v) is 2.72. The molecule has 0 bridgehead atoms. The number of quaternary nitrogens is 1. The van der Waals surface area contributed by atoms with Crippen molar-refractivity contribution in [2.24, 2.45) is 5.92 Å². The van der Waals surface area contributed by atoms with Crippen LogP contribution in [0.25, 0.3) is 0 Å². The lowest BCUT2D eigenvalue weighted by atomic mass is 9.98. The van der Waals surface area contributed by atoms with Crippen molar-refractivity contribution in [3.8, 4) is 0 Å². The molecular weight excluding hydrogens is 188 g/mol. The Morgan fingerprint density at radius 1 is 1.07 bits per heavy atom. The zero-order valence-electron chi connectivity index (χ0n) is 9.58. The van der Waals surface area contributed by atoms with Gasteiger partial charge in [0.05, 0.1) is 19.0 Å². The number of likely N-dealkylation sites (tertiary alicyclic amines) is 1. The number of amides is 1. The molecule has 0 unspecified atom stereocenters. The first-order valence-corrected chi connectivity index (χ1v) is 6.48. The molecule has 0 saturated carbocycles. The summed E-state index contributed by atoms with van der Waals surface area (Å²) in [6.07, 6.45) is 7.36. The standard InChI is InChI=1S/C12H22N2O/c15-12(11-6-5-7-13-10-11)14-8-3-1-2-4-9-14/h11,13H,1-10H2/p+1/t11-/m0/s1. The Balaban J connectivity index is 1.87. The van der Waals surface area contributed by atoms with Crippen LogP contribution < -0.4 is 5.32 Å². The van der Waals surface area contributed by atoms with Crippen molar-refractivity contribution in [2.45, 2.75) is 38.5 Å². The molecule has 3 heteroatoms. The topological polar surface area (TPSA) is 36.9 Å².